The van der Waals surface area contributed by atoms with Gasteiger partial charge in [0, 0.05) is 10.2 Å². The number of anilines is 2. The summed E-state index contributed by atoms with van der Waals surface area (Å²) in [5.41, 5.74) is 6.99. The van der Waals surface area contributed by atoms with Gasteiger partial charge in [0.25, 0.3) is 10.0 Å². The van der Waals surface area contributed by atoms with Gasteiger partial charge in [0.15, 0.2) is 0 Å². The molecule has 0 amide bonds. The van der Waals surface area contributed by atoms with Gasteiger partial charge in [0.1, 0.15) is 0 Å². The van der Waals surface area contributed by atoms with Gasteiger partial charge in [0.2, 0.25) is 0 Å². The van der Waals surface area contributed by atoms with Gasteiger partial charge in [-0.3, -0.25) is 4.72 Å². The fourth-order valence-electron chi connectivity index (χ4n) is 1.74. The molecule has 0 aromatic heterocycles. The summed E-state index contributed by atoms with van der Waals surface area (Å²) < 4.78 is 27.7. The summed E-state index contributed by atoms with van der Waals surface area (Å²) in [4.78, 5) is 0.0649. The van der Waals surface area contributed by atoms with Gasteiger partial charge in [-0.25, -0.2) is 8.42 Å². The number of sulfonamides is 1. The summed E-state index contributed by atoms with van der Waals surface area (Å²) in [5.74, 6) is 0. The first-order chi connectivity index (χ1) is 9.70. The van der Waals surface area contributed by atoms with Crippen LogP contribution in [0, 0.1) is 6.92 Å². The third-order valence-corrected chi connectivity index (χ3v) is 5.78. The number of nitrogens with two attached hydrogens (primary N) is 1. The van der Waals surface area contributed by atoms with Crippen molar-refractivity contribution in [1.29, 1.82) is 0 Å². The highest BCUT2D eigenvalue weighted by molar-refractivity contribution is 9.10. The third-order valence-electron chi connectivity index (χ3n) is 2.66. The number of nitrogens with one attached hydrogen (secondary N) is 1. The molecule has 0 unspecified atom stereocenters. The molecule has 0 bridgehead atoms. The molecule has 2 rings (SSSR count). The van der Waals surface area contributed by atoms with Crippen LogP contribution in [0.3, 0.4) is 0 Å². The molecular formula is C13H11BrCl2N2O2S. The summed E-state index contributed by atoms with van der Waals surface area (Å²) in [5, 5.41) is 0.357. The molecule has 0 atom stereocenters. The summed E-state index contributed by atoms with van der Waals surface area (Å²) in [7, 11) is -3.80. The molecule has 21 heavy (non-hydrogen) atoms. The normalized spacial score (nSPS) is 11.4. The lowest BCUT2D eigenvalue weighted by atomic mass is 10.2. The summed E-state index contributed by atoms with van der Waals surface area (Å²) in [6, 6.07) is 7.71. The minimum atomic E-state index is -3.80. The van der Waals surface area contributed by atoms with Crippen molar-refractivity contribution in [3.05, 3.63) is 50.4 Å². The molecule has 8 heteroatoms. The second kappa shape index (κ2) is 6.04. The minimum Gasteiger partial charge on any atom is -0.399 e. The molecular weight excluding hydrogens is 399 g/mol. The number of halogens is 3. The van der Waals surface area contributed by atoms with Crippen LogP contribution in [-0.2, 0) is 10.0 Å². The highest BCUT2D eigenvalue weighted by atomic mass is 79.9. The Labute approximate surface area is 141 Å². The summed E-state index contributed by atoms with van der Waals surface area (Å²) >= 11 is 15.2. The first-order valence-corrected chi connectivity index (χ1v) is 8.77. The van der Waals surface area contributed by atoms with E-state index in [-0.39, 0.29) is 20.6 Å². The van der Waals surface area contributed by atoms with Crippen LogP contribution in [0.15, 0.2) is 39.7 Å². The van der Waals surface area contributed by atoms with Gasteiger partial charge in [-0.15, -0.1) is 0 Å². The SMILES string of the molecule is Cc1cc(N)cc(S(=O)(=O)Nc2ccc(Br)c(Cl)c2Cl)c1. The van der Waals surface area contributed by atoms with E-state index in [2.05, 4.69) is 20.7 Å². The van der Waals surface area contributed by atoms with E-state index in [0.29, 0.717) is 10.2 Å². The average molecular weight is 410 g/mol. The highest BCUT2D eigenvalue weighted by Gasteiger charge is 2.18. The lowest BCUT2D eigenvalue weighted by molar-refractivity contribution is 0.601. The Morgan fingerprint density at radius 1 is 1.14 bits per heavy atom. The predicted octanol–water partition coefficient (Wildman–Crippen LogP) is 4.45. The topological polar surface area (TPSA) is 72.2 Å². The summed E-state index contributed by atoms with van der Waals surface area (Å²) in [6.45, 7) is 1.76. The average Bonchev–Trinajstić information content (AvgIpc) is 2.38. The minimum absolute atomic E-state index is 0.0649. The van der Waals surface area contributed by atoms with Gasteiger partial charge >= 0.3 is 0 Å². The number of hydrogen-bond donors (Lipinski definition) is 2. The van der Waals surface area contributed by atoms with Crippen molar-refractivity contribution < 1.29 is 8.42 Å². The maximum absolute atomic E-state index is 12.4. The van der Waals surface area contributed by atoms with Crippen LogP contribution in [0.2, 0.25) is 10.0 Å². The van der Waals surface area contributed by atoms with Crippen LogP contribution >= 0.6 is 39.1 Å². The Bertz CT molecular complexity index is 790. The molecule has 0 radical (unpaired) electrons. The molecule has 0 aliphatic rings. The Morgan fingerprint density at radius 2 is 1.81 bits per heavy atom. The number of hydrogen-bond acceptors (Lipinski definition) is 3. The number of nitrogen functional groups attached to an aromatic ring is 1. The zero-order chi connectivity index (χ0) is 15.8. The molecule has 2 aromatic carbocycles. The van der Waals surface area contributed by atoms with E-state index in [1.807, 2.05) is 0 Å². The molecule has 0 heterocycles. The first kappa shape index (κ1) is 16.4. The lowest BCUT2D eigenvalue weighted by Crippen LogP contribution is -2.14. The van der Waals surface area contributed by atoms with E-state index in [0.717, 1.165) is 5.56 Å². The Morgan fingerprint density at radius 3 is 2.43 bits per heavy atom. The van der Waals surface area contributed by atoms with Crippen molar-refractivity contribution in [2.24, 2.45) is 0 Å². The number of benzene rings is 2. The van der Waals surface area contributed by atoms with E-state index in [9.17, 15) is 8.42 Å². The highest BCUT2D eigenvalue weighted by Crippen LogP contribution is 2.36. The molecule has 0 spiro atoms. The van der Waals surface area contributed by atoms with Gasteiger partial charge < -0.3 is 5.73 Å². The van der Waals surface area contributed by atoms with Crippen molar-refractivity contribution in [1.82, 2.24) is 0 Å². The van der Waals surface area contributed by atoms with Crippen LogP contribution < -0.4 is 10.5 Å². The predicted molar refractivity (Wildman–Crippen MR) is 90.6 cm³/mol. The smallest absolute Gasteiger partial charge is 0.262 e. The molecule has 0 aliphatic heterocycles. The molecule has 3 N–H and O–H groups in total. The quantitative estimate of drug-likeness (QED) is 0.581. The standard InChI is InChI=1S/C13H11BrCl2N2O2S/c1-7-4-8(17)6-9(5-7)21(19,20)18-11-3-2-10(14)12(15)13(11)16/h2-6,18H,17H2,1H3. The van der Waals surface area contributed by atoms with E-state index >= 15 is 0 Å². The lowest BCUT2D eigenvalue weighted by Gasteiger charge is -2.12. The van der Waals surface area contributed by atoms with E-state index in [4.69, 9.17) is 28.9 Å². The fraction of sp³-hybridized carbons (Fsp3) is 0.0769. The molecule has 112 valence electrons. The second-order valence-electron chi connectivity index (χ2n) is 4.41. The molecule has 0 aliphatic carbocycles. The largest absolute Gasteiger partial charge is 0.399 e. The van der Waals surface area contributed by atoms with Gasteiger partial charge in [-0.05, 0) is 58.7 Å². The van der Waals surface area contributed by atoms with Gasteiger partial charge in [-0.1, -0.05) is 23.2 Å². The van der Waals surface area contributed by atoms with Crippen molar-refractivity contribution in [3.8, 4) is 0 Å². The van der Waals surface area contributed by atoms with Crippen molar-refractivity contribution in [2.75, 3.05) is 10.5 Å². The van der Waals surface area contributed by atoms with Crippen molar-refractivity contribution >= 4 is 60.5 Å². The Kier molecular flexibility index (Phi) is 4.72. The Balaban J connectivity index is 2.45. The summed E-state index contributed by atoms with van der Waals surface area (Å²) in [6.07, 6.45) is 0. The maximum atomic E-state index is 12.4. The van der Waals surface area contributed by atoms with Crippen LogP contribution in [0.5, 0.6) is 0 Å². The van der Waals surface area contributed by atoms with Crippen molar-refractivity contribution in [3.63, 3.8) is 0 Å². The maximum Gasteiger partial charge on any atom is 0.262 e. The molecule has 0 saturated carbocycles. The second-order valence-corrected chi connectivity index (χ2v) is 7.70. The van der Waals surface area contributed by atoms with E-state index in [1.165, 1.54) is 18.2 Å². The molecule has 2 aromatic rings. The van der Waals surface area contributed by atoms with Crippen LogP contribution in [0.25, 0.3) is 0 Å². The van der Waals surface area contributed by atoms with Gasteiger partial charge in [-0.2, -0.15) is 0 Å². The zero-order valence-corrected chi connectivity index (χ0v) is 14.7. The number of aryl methyl sites for hydroxylation is 1. The van der Waals surface area contributed by atoms with Crippen LogP contribution in [-0.4, -0.2) is 8.42 Å². The monoisotopic (exact) mass is 408 g/mol. The third kappa shape index (κ3) is 3.63. The molecule has 0 saturated heterocycles. The van der Waals surface area contributed by atoms with Crippen LogP contribution in [0.4, 0.5) is 11.4 Å². The van der Waals surface area contributed by atoms with Crippen LogP contribution in [0.1, 0.15) is 5.56 Å². The molecule has 0 fully saturated rings. The van der Waals surface area contributed by atoms with E-state index < -0.39 is 10.0 Å². The molecule has 4 nitrogen and oxygen atoms in total. The van der Waals surface area contributed by atoms with E-state index in [1.54, 1.807) is 19.1 Å². The van der Waals surface area contributed by atoms with Gasteiger partial charge in [0.05, 0.1) is 20.6 Å². The Hall–Kier alpha value is -0.950. The number of rotatable bonds is 3. The fourth-order valence-corrected chi connectivity index (χ4v) is 3.83. The first-order valence-electron chi connectivity index (χ1n) is 5.74. The van der Waals surface area contributed by atoms with Crippen molar-refractivity contribution in [2.45, 2.75) is 11.8 Å². The zero-order valence-electron chi connectivity index (χ0n) is 10.8.